The fourth-order valence-corrected chi connectivity index (χ4v) is 1.09. The van der Waals surface area contributed by atoms with E-state index in [0.717, 1.165) is 3.70 Å². The van der Waals surface area contributed by atoms with Crippen LogP contribution in [-0.4, -0.2) is 18.1 Å². The zero-order valence-electron chi connectivity index (χ0n) is 5.87. The maximum absolute atomic E-state index is 10.9. The summed E-state index contributed by atoms with van der Waals surface area (Å²) >= 11 is 2.04. The maximum atomic E-state index is 10.9. The molecule has 11 heavy (non-hydrogen) atoms. The van der Waals surface area contributed by atoms with Gasteiger partial charge in [0.15, 0.2) is 0 Å². The van der Waals surface area contributed by atoms with Crippen molar-refractivity contribution >= 4 is 28.6 Å². The summed E-state index contributed by atoms with van der Waals surface area (Å²) in [4.78, 5) is 14.8. The van der Waals surface area contributed by atoms with Crippen LogP contribution in [-0.2, 0) is 4.74 Å². The second kappa shape index (κ2) is 3.66. The van der Waals surface area contributed by atoms with Gasteiger partial charge in [-0.05, 0) is 34.7 Å². The number of hydrogen-bond acceptors (Lipinski definition) is 3. The highest BCUT2D eigenvalue weighted by Crippen LogP contribution is 2.02. The van der Waals surface area contributed by atoms with Gasteiger partial charge in [-0.2, -0.15) is 0 Å². The second-order valence-electron chi connectivity index (χ2n) is 1.84. The molecule has 0 saturated carbocycles. The van der Waals surface area contributed by atoms with E-state index in [1.807, 2.05) is 28.7 Å². The van der Waals surface area contributed by atoms with Gasteiger partial charge < -0.3 is 4.74 Å². The van der Waals surface area contributed by atoms with Crippen molar-refractivity contribution in [3.05, 3.63) is 27.6 Å². The van der Waals surface area contributed by atoms with Gasteiger partial charge in [-0.15, -0.1) is 0 Å². The van der Waals surface area contributed by atoms with Gasteiger partial charge in [0.1, 0.15) is 9.39 Å². The number of methoxy groups -OCH3 is 1. The Hall–Kier alpha value is -0.650. The normalized spacial score (nSPS) is 9.27. The highest BCUT2D eigenvalue weighted by atomic mass is 127. The number of rotatable bonds is 1. The molecule has 0 aliphatic rings. The third-order valence-corrected chi connectivity index (χ3v) is 1.71. The summed E-state index contributed by atoms with van der Waals surface area (Å²) in [6.07, 6.45) is 0. The zero-order chi connectivity index (χ0) is 8.27. The Labute approximate surface area is 77.9 Å². The summed E-state index contributed by atoms with van der Waals surface area (Å²) in [5, 5.41) is 0. The number of hydrogen-bond donors (Lipinski definition) is 0. The van der Waals surface area contributed by atoms with Crippen LogP contribution in [0.15, 0.2) is 18.2 Å². The average molecular weight is 263 g/mol. The van der Waals surface area contributed by atoms with E-state index in [-0.39, 0.29) is 0 Å². The van der Waals surface area contributed by atoms with Gasteiger partial charge >= 0.3 is 5.97 Å². The number of carbonyl (C=O) groups is 1. The van der Waals surface area contributed by atoms with Gasteiger partial charge in [0.05, 0.1) is 7.11 Å². The maximum Gasteiger partial charge on any atom is 0.356 e. The van der Waals surface area contributed by atoms with Crippen LogP contribution in [0.3, 0.4) is 0 Å². The van der Waals surface area contributed by atoms with Crippen molar-refractivity contribution in [3.8, 4) is 0 Å². The third-order valence-electron chi connectivity index (χ3n) is 1.11. The molecule has 1 rings (SSSR count). The summed E-state index contributed by atoms with van der Waals surface area (Å²) in [6, 6.07) is 5.20. The van der Waals surface area contributed by atoms with Gasteiger partial charge in [0.25, 0.3) is 0 Å². The predicted octanol–water partition coefficient (Wildman–Crippen LogP) is 1.47. The smallest absolute Gasteiger partial charge is 0.356 e. The molecule has 0 aliphatic heterocycles. The van der Waals surface area contributed by atoms with Crippen LogP contribution < -0.4 is 0 Å². The number of aromatic nitrogens is 1. The Morgan fingerprint density at radius 1 is 1.64 bits per heavy atom. The molecule has 0 spiro atoms. The molecule has 0 aliphatic carbocycles. The lowest BCUT2D eigenvalue weighted by molar-refractivity contribution is 0.0594. The zero-order valence-corrected chi connectivity index (χ0v) is 8.03. The van der Waals surface area contributed by atoms with E-state index in [0.29, 0.717) is 5.69 Å². The lowest BCUT2D eigenvalue weighted by atomic mass is 10.4. The Bertz CT molecular complexity index is 275. The molecule has 0 amide bonds. The first-order valence-electron chi connectivity index (χ1n) is 2.95. The molecule has 0 unspecified atom stereocenters. The van der Waals surface area contributed by atoms with E-state index in [4.69, 9.17) is 0 Å². The molecule has 1 aromatic rings. The second-order valence-corrected chi connectivity index (χ2v) is 2.94. The first-order chi connectivity index (χ1) is 5.24. The van der Waals surface area contributed by atoms with E-state index >= 15 is 0 Å². The number of esters is 1. The fourth-order valence-electron chi connectivity index (χ4n) is 0.627. The molecule has 1 aromatic heterocycles. The quantitative estimate of drug-likeness (QED) is 0.437. The van der Waals surface area contributed by atoms with Crippen LogP contribution in [0.5, 0.6) is 0 Å². The molecular weight excluding hydrogens is 257 g/mol. The van der Waals surface area contributed by atoms with E-state index in [1.54, 1.807) is 12.1 Å². The highest BCUT2D eigenvalue weighted by molar-refractivity contribution is 14.1. The first kappa shape index (κ1) is 8.45. The SMILES string of the molecule is COC(=O)c1cccc(I)n1. The molecule has 0 bridgehead atoms. The van der Waals surface area contributed by atoms with Crippen molar-refractivity contribution < 1.29 is 9.53 Å². The molecule has 0 radical (unpaired) electrons. The summed E-state index contributed by atoms with van der Waals surface area (Å²) < 4.78 is 5.27. The molecule has 0 fully saturated rings. The van der Waals surface area contributed by atoms with E-state index < -0.39 is 5.97 Å². The largest absolute Gasteiger partial charge is 0.464 e. The van der Waals surface area contributed by atoms with Gasteiger partial charge in [0.2, 0.25) is 0 Å². The molecule has 0 aromatic carbocycles. The molecule has 0 saturated heterocycles. The minimum atomic E-state index is -0.400. The van der Waals surface area contributed by atoms with Crippen molar-refractivity contribution in [2.75, 3.05) is 7.11 Å². The molecule has 0 atom stereocenters. The summed E-state index contributed by atoms with van der Waals surface area (Å²) in [6.45, 7) is 0. The number of pyridine rings is 1. The third kappa shape index (κ3) is 2.14. The fraction of sp³-hybridized carbons (Fsp3) is 0.143. The molecule has 58 valence electrons. The summed E-state index contributed by atoms with van der Waals surface area (Å²) in [5.41, 5.74) is 0.347. The average Bonchev–Trinajstić information content (AvgIpc) is 2.03. The van der Waals surface area contributed by atoms with Crippen molar-refractivity contribution in [2.24, 2.45) is 0 Å². The molecule has 4 heteroatoms. The molecule has 3 nitrogen and oxygen atoms in total. The van der Waals surface area contributed by atoms with E-state index in [2.05, 4.69) is 9.72 Å². The van der Waals surface area contributed by atoms with Crippen molar-refractivity contribution in [1.82, 2.24) is 4.98 Å². The van der Waals surface area contributed by atoms with E-state index in [9.17, 15) is 4.79 Å². The van der Waals surface area contributed by atoms with Crippen LogP contribution >= 0.6 is 22.6 Å². The first-order valence-corrected chi connectivity index (χ1v) is 4.03. The predicted molar refractivity (Wildman–Crippen MR) is 48.3 cm³/mol. The van der Waals surface area contributed by atoms with Crippen LogP contribution in [0.25, 0.3) is 0 Å². The number of ether oxygens (including phenoxy) is 1. The summed E-state index contributed by atoms with van der Waals surface area (Å²) in [5.74, 6) is -0.400. The molecule has 0 N–H and O–H groups in total. The van der Waals surface area contributed by atoms with Crippen molar-refractivity contribution in [2.45, 2.75) is 0 Å². The van der Waals surface area contributed by atoms with E-state index in [1.165, 1.54) is 7.11 Å². The van der Waals surface area contributed by atoms with Crippen LogP contribution in [0.4, 0.5) is 0 Å². The van der Waals surface area contributed by atoms with Gasteiger partial charge in [-0.3, -0.25) is 0 Å². The standard InChI is InChI=1S/C7H6INO2/c1-11-7(10)5-3-2-4-6(8)9-5/h2-4H,1H3. The minimum absolute atomic E-state index is 0.347. The van der Waals surface area contributed by atoms with Gasteiger partial charge in [-0.1, -0.05) is 6.07 Å². The number of nitrogens with zero attached hydrogens (tertiary/aromatic N) is 1. The topological polar surface area (TPSA) is 39.2 Å². The minimum Gasteiger partial charge on any atom is -0.464 e. The monoisotopic (exact) mass is 263 g/mol. The van der Waals surface area contributed by atoms with Crippen molar-refractivity contribution in [3.63, 3.8) is 0 Å². The molecule has 1 heterocycles. The Morgan fingerprint density at radius 3 is 2.91 bits per heavy atom. The van der Waals surface area contributed by atoms with Crippen LogP contribution in [0, 0.1) is 3.70 Å². The van der Waals surface area contributed by atoms with Gasteiger partial charge in [-0.25, -0.2) is 9.78 Å². The number of carbonyl (C=O) groups excluding carboxylic acids is 1. The van der Waals surface area contributed by atoms with Crippen molar-refractivity contribution in [1.29, 1.82) is 0 Å². The number of halogens is 1. The summed E-state index contributed by atoms with van der Waals surface area (Å²) in [7, 11) is 1.34. The lowest BCUT2D eigenvalue weighted by Crippen LogP contribution is -2.04. The van der Waals surface area contributed by atoms with Crippen LogP contribution in [0.2, 0.25) is 0 Å². The highest BCUT2D eigenvalue weighted by Gasteiger charge is 2.05. The van der Waals surface area contributed by atoms with Crippen LogP contribution in [0.1, 0.15) is 10.5 Å². The Morgan fingerprint density at radius 2 is 2.36 bits per heavy atom. The Balaban J connectivity index is 2.96. The molecular formula is C7H6INO2. The van der Waals surface area contributed by atoms with Gasteiger partial charge in [0, 0.05) is 0 Å². The Kier molecular flexibility index (Phi) is 2.81. The lowest BCUT2D eigenvalue weighted by Gasteiger charge is -1.96.